The molecule has 128 valence electrons. The standard InChI is InChI=1S/C20H19NO4/c1-12(16-11-17(22)14-6-4-5-7-15(14)21-16)20(23)13-8-9-18(24-2)19(10-13)25-3/h4-12H,1-3H3,(H,21,22). The van der Waals surface area contributed by atoms with E-state index in [0.717, 1.165) is 5.52 Å². The van der Waals surface area contributed by atoms with Crippen LogP contribution in [0.1, 0.15) is 28.9 Å². The second kappa shape index (κ2) is 6.81. The molecule has 0 aliphatic heterocycles. The van der Waals surface area contributed by atoms with Crippen LogP contribution in [-0.4, -0.2) is 25.0 Å². The van der Waals surface area contributed by atoms with Gasteiger partial charge in [0.2, 0.25) is 0 Å². The van der Waals surface area contributed by atoms with Crippen LogP contribution in [0.25, 0.3) is 10.9 Å². The maximum absolute atomic E-state index is 12.8. The lowest BCUT2D eigenvalue weighted by atomic mass is 9.95. The lowest BCUT2D eigenvalue weighted by Gasteiger charge is -2.14. The number of fused-ring (bicyclic) bond motifs is 1. The van der Waals surface area contributed by atoms with Gasteiger partial charge in [-0.2, -0.15) is 0 Å². The fourth-order valence-electron chi connectivity index (χ4n) is 2.83. The number of ether oxygens (including phenoxy) is 2. The number of Topliss-reactive ketones (excluding diaryl/α,β-unsaturated/α-hetero) is 1. The van der Waals surface area contributed by atoms with Crippen molar-refractivity contribution in [1.82, 2.24) is 4.98 Å². The van der Waals surface area contributed by atoms with Crippen LogP contribution in [0.2, 0.25) is 0 Å². The molecule has 1 atom stereocenters. The highest BCUT2D eigenvalue weighted by molar-refractivity contribution is 6.01. The molecule has 0 bridgehead atoms. The van der Waals surface area contributed by atoms with Crippen LogP contribution in [0.15, 0.2) is 53.3 Å². The fourth-order valence-corrected chi connectivity index (χ4v) is 2.83. The number of nitrogens with one attached hydrogen (secondary N) is 1. The summed E-state index contributed by atoms with van der Waals surface area (Å²) in [4.78, 5) is 28.3. The molecule has 3 aromatic rings. The van der Waals surface area contributed by atoms with Gasteiger partial charge < -0.3 is 14.5 Å². The number of rotatable bonds is 5. The summed E-state index contributed by atoms with van der Waals surface area (Å²) in [6.45, 7) is 1.78. The monoisotopic (exact) mass is 337 g/mol. The second-order valence-corrected chi connectivity index (χ2v) is 5.79. The Morgan fingerprint density at radius 3 is 2.44 bits per heavy atom. The van der Waals surface area contributed by atoms with E-state index in [2.05, 4.69) is 4.98 Å². The average molecular weight is 337 g/mol. The summed E-state index contributed by atoms with van der Waals surface area (Å²) < 4.78 is 10.5. The van der Waals surface area contributed by atoms with Gasteiger partial charge in [0, 0.05) is 28.2 Å². The number of para-hydroxylation sites is 1. The molecule has 1 heterocycles. The van der Waals surface area contributed by atoms with E-state index >= 15 is 0 Å². The smallest absolute Gasteiger partial charge is 0.189 e. The van der Waals surface area contributed by atoms with Crippen molar-refractivity contribution in [2.24, 2.45) is 0 Å². The number of hydrogen-bond acceptors (Lipinski definition) is 4. The summed E-state index contributed by atoms with van der Waals surface area (Å²) in [6.07, 6.45) is 0. The Morgan fingerprint density at radius 2 is 1.72 bits per heavy atom. The molecule has 1 aromatic heterocycles. The third-order valence-electron chi connectivity index (χ3n) is 4.29. The van der Waals surface area contributed by atoms with Crippen molar-refractivity contribution in [1.29, 1.82) is 0 Å². The molecule has 5 nitrogen and oxygen atoms in total. The lowest BCUT2D eigenvalue weighted by Crippen LogP contribution is -2.14. The van der Waals surface area contributed by atoms with Gasteiger partial charge in [-0.3, -0.25) is 9.59 Å². The van der Waals surface area contributed by atoms with Crippen LogP contribution in [-0.2, 0) is 0 Å². The van der Waals surface area contributed by atoms with Crippen LogP contribution in [0.5, 0.6) is 11.5 Å². The van der Waals surface area contributed by atoms with E-state index in [4.69, 9.17) is 9.47 Å². The quantitative estimate of drug-likeness (QED) is 0.723. The van der Waals surface area contributed by atoms with Crippen LogP contribution in [0.4, 0.5) is 0 Å². The van der Waals surface area contributed by atoms with Gasteiger partial charge in [0.05, 0.1) is 20.1 Å². The Labute approximate surface area is 145 Å². The Morgan fingerprint density at radius 1 is 1.00 bits per heavy atom. The first kappa shape index (κ1) is 16.8. The molecule has 2 aromatic carbocycles. The van der Waals surface area contributed by atoms with E-state index in [1.165, 1.54) is 13.2 Å². The number of hydrogen-bond donors (Lipinski definition) is 1. The molecule has 0 fully saturated rings. The summed E-state index contributed by atoms with van der Waals surface area (Å²) in [5.74, 6) is 0.459. The summed E-state index contributed by atoms with van der Waals surface area (Å²) in [5.41, 5.74) is 1.70. The van der Waals surface area contributed by atoms with Gasteiger partial charge in [-0.05, 0) is 37.3 Å². The summed E-state index contributed by atoms with van der Waals surface area (Å²) in [5, 5.41) is 0.608. The maximum atomic E-state index is 12.8. The van der Waals surface area contributed by atoms with E-state index in [1.807, 2.05) is 18.2 Å². The molecule has 0 radical (unpaired) electrons. The van der Waals surface area contributed by atoms with Gasteiger partial charge in [-0.15, -0.1) is 0 Å². The second-order valence-electron chi connectivity index (χ2n) is 5.79. The van der Waals surface area contributed by atoms with E-state index < -0.39 is 5.92 Å². The Bertz CT molecular complexity index is 990. The molecular formula is C20H19NO4. The Balaban J connectivity index is 1.99. The molecule has 0 amide bonds. The topological polar surface area (TPSA) is 68.4 Å². The van der Waals surface area contributed by atoms with Gasteiger partial charge in [0.1, 0.15) is 0 Å². The number of H-pyrrole nitrogens is 1. The highest BCUT2D eigenvalue weighted by Crippen LogP contribution is 2.29. The van der Waals surface area contributed by atoms with Crippen molar-refractivity contribution in [2.45, 2.75) is 12.8 Å². The first-order chi connectivity index (χ1) is 12.0. The summed E-state index contributed by atoms with van der Waals surface area (Å²) in [7, 11) is 3.07. The van der Waals surface area contributed by atoms with Crippen molar-refractivity contribution >= 4 is 16.7 Å². The predicted molar refractivity (Wildman–Crippen MR) is 96.9 cm³/mol. The number of aromatic nitrogens is 1. The predicted octanol–water partition coefficient (Wildman–Crippen LogP) is 3.53. The molecule has 0 aliphatic carbocycles. The molecule has 5 heteroatoms. The summed E-state index contributed by atoms with van der Waals surface area (Å²) >= 11 is 0. The first-order valence-electron chi connectivity index (χ1n) is 7.93. The SMILES string of the molecule is COc1ccc(C(=O)C(C)c2cc(=O)c3ccccc3[nH]2)cc1OC. The van der Waals surface area contributed by atoms with E-state index in [0.29, 0.717) is 28.1 Å². The van der Waals surface area contributed by atoms with Crippen LogP contribution in [0.3, 0.4) is 0 Å². The minimum atomic E-state index is -0.490. The number of methoxy groups -OCH3 is 2. The number of pyridine rings is 1. The van der Waals surface area contributed by atoms with Gasteiger partial charge in [-0.25, -0.2) is 0 Å². The molecule has 3 rings (SSSR count). The number of carbonyl (C=O) groups excluding carboxylic acids is 1. The Hall–Kier alpha value is -3.08. The van der Waals surface area contributed by atoms with Gasteiger partial charge in [0.15, 0.2) is 22.7 Å². The van der Waals surface area contributed by atoms with Crippen molar-refractivity contribution in [3.8, 4) is 11.5 Å². The average Bonchev–Trinajstić information content (AvgIpc) is 2.66. The molecule has 0 aliphatic rings. The third kappa shape index (κ3) is 3.13. The van der Waals surface area contributed by atoms with E-state index in [1.54, 1.807) is 38.3 Å². The minimum absolute atomic E-state index is 0.101. The van der Waals surface area contributed by atoms with Crippen LogP contribution >= 0.6 is 0 Å². The zero-order valence-electron chi connectivity index (χ0n) is 14.3. The molecule has 0 saturated carbocycles. The normalized spacial score (nSPS) is 12.0. The largest absolute Gasteiger partial charge is 0.493 e. The van der Waals surface area contributed by atoms with Gasteiger partial charge >= 0.3 is 0 Å². The minimum Gasteiger partial charge on any atom is -0.493 e. The molecule has 0 saturated heterocycles. The highest BCUT2D eigenvalue weighted by Gasteiger charge is 2.20. The number of aromatic amines is 1. The highest BCUT2D eigenvalue weighted by atomic mass is 16.5. The van der Waals surface area contributed by atoms with Crippen LogP contribution < -0.4 is 14.9 Å². The Kier molecular flexibility index (Phi) is 4.57. The molecule has 1 unspecified atom stereocenters. The first-order valence-corrected chi connectivity index (χ1v) is 7.93. The molecular weight excluding hydrogens is 318 g/mol. The van der Waals surface area contributed by atoms with Crippen molar-refractivity contribution < 1.29 is 14.3 Å². The van der Waals surface area contributed by atoms with Crippen LogP contribution in [0, 0.1) is 0 Å². The zero-order chi connectivity index (χ0) is 18.0. The number of benzene rings is 2. The van der Waals surface area contributed by atoms with Crippen molar-refractivity contribution in [3.05, 3.63) is 70.0 Å². The van der Waals surface area contributed by atoms with Gasteiger partial charge in [0.25, 0.3) is 0 Å². The maximum Gasteiger partial charge on any atom is 0.189 e. The molecule has 1 N–H and O–H groups in total. The molecule has 25 heavy (non-hydrogen) atoms. The van der Waals surface area contributed by atoms with Gasteiger partial charge in [-0.1, -0.05) is 12.1 Å². The van der Waals surface area contributed by atoms with E-state index in [-0.39, 0.29) is 11.2 Å². The zero-order valence-corrected chi connectivity index (χ0v) is 14.3. The summed E-state index contributed by atoms with van der Waals surface area (Å²) in [6, 6.07) is 13.8. The van der Waals surface area contributed by atoms with E-state index in [9.17, 15) is 9.59 Å². The van der Waals surface area contributed by atoms with Crippen molar-refractivity contribution in [3.63, 3.8) is 0 Å². The number of carbonyl (C=O) groups is 1. The lowest BCUT2D eigenvalue weighted by molar-refractivity contribution is 0.0964. The van der Waals surface area contributed by atoms with Crippen molar-refractivity contribution in [2.75, 3.05) is 14.2 Å². The number of ketones is 1. The third-order valence-corrected chi connectivity index (χ3v) is 4.29. The molecule has 0 spiro atoms. The fraction of sp³-hybridized carbons (Fsp3) is 0.200.